The number of ether oxygens (including phenoxy) is 2. The molecule has 0 saturated carbocycles. The van der Waals surface area contributed by atoms with Crippen molar-refractivity contribution in [3.05, 3.63) is 41.5 Å². The number of hydrogen-bond acceptors (Lipinski definition) is 3. The molecule has 3 nitrogen and oxygen atoms in total. The van der Waals surface area contributed by atoms with Gasteiger partial charge in [0.15, 0.2) is 0 Å². The number of hydrogen-bond donors (Lipinski definition) is 1. The molecule has 0 fully saturated rings. The predicted octanol–water partition coefficient (Wildman–Crippen LogP) is 3.20. The fourth-order valence-corrected chi connectivity index (χ4v) is 2.82. The summed E-state index contributed by atoms with van der Waals surface area (Å²) in [6.45, 7) is 1.19. The number of phenolic OH excluding ortho intramolecular Hbond substituents is 1. The molecule has 2 aromatic rings. The Hall–Kier alpha value is -1.58. The minimum Gasteiger partial charge on any atom is -0.507 e. The molecule has 0 heterocycles. The summed E-state index contributed by atoms with van der Waals surface area (Å²) in [5.41, 5.74) is 2.17. The Morgan fingerprint density at radius 2 is 2.11 bits per heavy atom. The second-order valence-corrected chi connectivity index (χ2v) is 4.90. The van der Waals surface area contributed by atoms with Gasteiger partial charge in [0.25, 0.3) is 0 Å². The summed E-state index contributed by atoms with van der Waals surface area (Å²) in [6, 6.07) is 10.1. The zero-order valence-electron chi connectivity index (χ0n) is 11.1. The van der Waals surface area contributed by atoms with Crippen LogP contribution in [0.5, 0.6) is 5.75 Å². The highest BCUT2D eigenvalue weighted by molar-refractivity contribution is 5.90. The molecule has 19 heavy (non-hydrogen) atoms. The molecule has 0 amide bonds. The third kappa shape index (κ3) is 2.20. The average molecular weight is 258 g/mol. The molecule has 0 aromatic heterocycles. The van der Waals surface area contributed by atoms with E-state index in [0.717, 1.165) is 34.7 Å². The number of rotatable bonds is 4. The van der Waals surface area contributed by atoms with E-state index in [1.54, 1.807) is 7.11 Å². The van der Waals surface area contributed by atoms with E-state index in [4.69, 9.17) is 9.47 Å². The molecule has 3 rings (SSSR count). The molecule has 0 spiro atoms. The molecule has 1 atom stereocenters. The maximum Gasteiger partial charge on any atom is 0.126 e. The topological polar surface area (TPSA) is 38.7 Å². The molecule has 2 aromatic carbocycles. The zero-order chi connectivity index (χ0) is 13.2. The monoisotopic (exact) mass is 258 g/mol. The maximum atomic E-state index is 10.4. The number of methoxy groups -OCH3 is 1. The van der Waals surface area contributed by atoms with Crippen LogP contribution in [0.25, 0.3) is 10.8 Å². The molecule has 0 bridgehead atoms. The van der Waals surface area contributed by atoms with Crippen LogP contribution in [-0.4, -0.2) is 25.4 Å². The van der Waals surface area contributed by atoms with Gasteiger partial charge in [-0.3, -0.25) is 0 Å². The molecule has 3 heteroatoms. The van der Waals surface area contributed by atoms with Crippen LogP contribution < -0.4 is 0 Å². The lowest BCUT2D eigenvalue weighted by Crippen LogP contribution is -2.06. The Kier molecular flexibility index (Phi) is 3.40. The molecule has 1 unspecified atom stereocenters. The smallest absolute Gasteiger partial charge is 0.126 e. The lowest BCUT2D eigenvalue weighted by atomic mass is 10.0. The first-order valence-electron chi connectivity index (χ1n) is 6.65. The van der Waals surface area contributed by atoms with Crippen LogP contribution in [0.3, 0.4) is 0 Å². The van der Waals surface area contributed by atoms with E-state index in [0.29, 0.717) is 19.0 Å². The number of aromatic hydroxyl groups is 1. The maximum absolute atomic E-state index is 10.4. The summed E-state index contributed by atoms with van der Waals surface area (Å²) < 4.78 is 10.8. The van der Waals surface area contributed by atoms with Crippen molar-refractivity contribution in [2.45, 2.75) is 18.9 Å². The molecule has 1 N–H and O–H groups in total. The van der Waals surface area contributed by atoms with Crippen molar-refractivity contribution in [2.75, 3.05) is 20.3 Å². The van der Waals surface area contributed by atoms with E-state index >= 15 is 0 Å². The van der Waals surface area contributed by atoms with E-state index in [9.17, 15) is 5.11 Å². The number of benzene rings is 2. The average Bonchev–Trinajstić information content (AvgIpc) is 2.83. The number of fused-ring (bicyclic) bond motifs is 2. The van der Waals surface area contributed by atoms with Crippen molar-refractivity contribution in [3.8, 4) is 5.75 Å². The Morgan fingerprint density at radius 1 is 1.26 bits per heavy atom. The third-order valence-corrected chi connectivity index (χ3v) is 3.77. The highest BCUT2D eigenvalue weighted by Gasteiger charge is 2.26. The largest absolute Gasteiger partial charge is 0.507 e. The summed E-state index contributed by atoms with van der Waals surface area (Å²) in [4.78, 5) is 0. The Balaban J connectivity index is 1.96. The minimum absolute atomic E-state index is 0.0839. The van der Waals surface area contributed by atoms with Crippen molar-refractivity contribution in [3.63, 3.8) is 0 Å². The van der Waals surface area contributed by atoms with Gasteiger partial charge < -0.3 is 14.6 Å². The van der Waals surface area contributed by atoms with Gasteiger partial charge in [-0.05, 0) is 29.9 Å². The van der Waals surface area contributed by atoms with Gasteiger partial charge in [-0.15, -0.1) is 0 Å². The summed E-state index contributed by atoms with van der Waals surface area (Å²) in [6.07, 6.45) is 1.90. The molecule has 1 aliphatic rings. The van der Waals surface area contributed by atoms with Crippen molar-refractivity contribution in [1.82, 2.24) is 0 Å². The Labute approximate surface area is 112 Å². The zero-order valence-corrected chi connectivity index (χ0v) is 11.1. The quantitative estimate of drug-likeness (QED) is 0.856. The van der Waals surface area contributed by atoms with Crippen LogP contribution in [0.15, 0.2) is 30.3 Å². The fourth-order valence-electron chi connectivity index (χ4n) is 2.82. The second-order valence-electron chi connectivity index (χ2n) is 4.90. The molecule has 0 radical (unpaired) electrons. The van der Waals surface area contributed by atoms with Crippen LogP contribution in [0.2, 0.25) is 0 Å². The van der Waals surface area contributed by atoms with Crippen molar-refractivity contribution >= 4 is 10.8 Å². The molecular formula is C16H18O3. The van der Waals surface area contributed by atoms with Crippen molar-refractivity contribution in [2.24, 2.45) is 0 Å². The van der Waals surface area contributed by atoms with Crippen LogP contribution in [0, 0.1) is 0 Å². The van der Waals surface area contributed by atoms with E-state index in [1.807, 2.05) is 24.3 Å². The van der Waals surface area contributed by atoms with Gasteiger partial charge in [-0.2, -0.15) is 0 Å². The summed E-state index contributed by atoms with van der Waals surface area (Å²) >= 11 is 0. The van der Waals surface area contributed by atoms with Crippen LogP contribution in [0.1, 0.15) is 23.7 Å². The SMILES string of the molecule is COCCOC1CCc2c1cc1ccccc1c2O. The van der Waals surface area contributed by atoms with Crippen LogP contribution in [0.4, 0.5) is 0 Å². The molecule has 0 aliphatic heterocycles. The van der Waals surface area contributed by atoms with Gasteiger partial charge in [0, 0.05) is 18.1 Å². The number of phenols is 1. The van der Waals surface area contributed by atoms with Gasteiger partial charge in [0.05, 0.1) is 19.3 Å². The summed E-state index contributed by atoms with van der Waals surface area (Å²) in [5.74, 6) is 0.422. The van der Waals surface area contributed by atoms with E-state index < -0.39 is 0 Å². The fraction of sp³-hybridized carbons (Fsp3) is 0.375. The molecule has 0 saturated heterocycles. The van der Waals surface area contributed by atoms with Gasteiger partial charge in [0.1, 0.15) is 5.75 Å². The van der Waals surface area contributed by atoms with E-state index in [2.05, 4.69) is 6.07 Å². The lowest BCUT2D eigenvalue weighted by molar-refractivity contribution is 0.0174. The first-order valence-corrected chi connectivity index (χ1v) is 6.65. The van der Waals surface area contributed by atoms with Crippen molar-refractivity contribution < 1.29 is 14.6 Å². The van der Waals surface area contributed by atoms with Gasteiger partial charge in [-0.25, -0.2) is 0 Å². The third-order valence-electron chi connectivity index (χ3n) is 3.77. The lowest BCUT2D eigenvalue weighted by Gasteiger charge is -2.14. The molecular weight excluding hydrogens is 240 g/mol. The van der Waals surface area contributed by atoms with Crippen LogP contribution in [-0.2, 0) is 15.9 Å². The van der Waals surface area contributed by atoms with Gasteiger partial charge in [-0.1, -0.05) is 24.3 Å². The molecule has 1 aliphatic carbocycles. The van der Waals surface area contributed by atoms with Crippen molar-refractivity contribution in [1.29, 1.82) is 0 Å². The van der Waals surface area contributed by atoms with Crippen LogP contribution >= 0.6 is 0 Å². The first-order chi connectivity index (χ1) is 9.31. The first kappa shape index (κ1) is 12.5. The Bertz CT molecular complexity index is 592. The summed E-state index contributed by atoms with van der Waals surface area (Å²) in [7, 11) is 1.67. The van der Waals surface area contributed by atoms with Gasteiger partial charge >= 0.3 is 0 Å². The normalized spacial score (nSPS) is 17.8. The predicted molar refractivity (Wildman–Crippen MR) is 74.5 cm³/mol. The summed E-state index contributed by atoms with van der Waals surface area (Å²) in [5, 5.41) is 12.4. The molecule has 100 valence electrons. The van der Waals surface area contributed by atoms with E-state index in [-0.39, 0.29) is 6.10 Å². The van der Waals surface area contributed by atoms with E-state index in [1.165, 1.54) is 0 Å². The Morgan fingerprint density at radius 3 is 2.95 bits per heavy atom. The highest BCUT2D eigenvalue weighted by atomic mass is 16.5. The minimum atomic E-state index is 0.0839. The highest BCUT2D eigenvalue weighted by Crippen LogP contribution is 2.42. The standard InChI is InChI=1S/C16H18O3/c1-18-8-9-19-15-7-6-13-14(15)10-11-4-2-3-5-12(11)16(13)17/h2-5,10,15,17H,6-9H2,1H3. The second kappa shape index (κ2) is 5.19. The van der Waals surface area contributed by atoms with Gasteiger partial charge in [0.2, 0.25) is 0 Å².